The Morgan fingerprint density at radius 1 is 0.912 bits per heavy atom. The molecule has 0 heterocycles. The maximum atomic E-state index is 13.1. The molecule has 6 nitrogen and oxygen atoms in total. The van der Waals surface area contributed by atoms with E-state index in [0.717, 1.165) is 4.90 Å². The third kappa shape index (κ3) is 7.12. The van der Waals surface area contributed by atoms with Gasteiger partial charge in [-0.1, -0.05) is 47.5 Å². The molecule has 0 aromatic heterocycles. The number of ether oxygens (including phenoxy) is 1. The van der Waals surface area contributed by atoms with Crippen molar-refractivity contribution in [2.24, 2.45) is 0 Å². The molecule has 0 unspecified atom stereocenters. The van der Waals surface area contributed by atoms with Crippen LogP contribution in [0.15, 0.2) is 83.4 Å². The average molecular weight is 515 g/mol. The Labute approximate surface area is 211 Å². The van der Waals surface area contributed by atoms with E-state index in [9.17, 15) is 14.4 Å². The second kappa shape index (κ2) is 12.3. The highest BCUT2D eigenvalue weighted by atomic mass is 35.5. The predicted molar refractivity (Wildman–Crippen MR) is 136 cm³/mol. The van der Waals surface area contributed by atoms with Crippen LogP contribution in [0, 0.1) is 0 Å². The van der Waals surface area contributed by atoms with Gasteiger partial charge in [-0.15, -0.1) is 11.8 Å². The van der Waals surface area contributed by atoms with Gasteiger partial charge in [0.05, 0.1) is 12.9 Å². The standard InChI is InChI=1S/C25H20Cl2N2O4S/c1-33-23(30)15-34-18-12-10-17(11-13-18)28-25(32)22(14-19-20(26)8-5-9-21(19)27)29-24(31)16-6-3-2-4-7-16/h2-14H,15H2,1H3,(H,28,32)(H,29,31)/b22-14-. The molecule has 0 atom stereocenters. The minimum atomic E-state index is -0.560. The second-order valence-corrected chi connectivity index (χ2v) is 8.72. The molecule has 0 aliphatic heterocycles. The van der Waals surface area contributed by atoms with Crippen LogP contribution in [0.1, 0.15) is 15.9 Å². The lowest BCUT2D eigenvalue weighted by atomic mass is 10.1. The number of benzene rings is 3. The van der Waals surface area contributed by atoms with Crippen molar-refractivity contribution in [3.63, 3.8) is 0 Å². The Bertz CT molecular complexity index is 1200. The highest BCUT2D eigenvalue weighted by Gasteiger charge is 2.17. The summed E-state index contributed by atoms with van der Waals surface area (Å²) in [5, 5.41) is 6.06. The number of rotatable bonds is 8. The van der Waals surface area contributed by atoms with Crippen LogP contribution in [0.25, 0.3) is 6.08 Å². The topological polar surface area (TPSA) is 84.5 Å². The summed E-state index contributed by atoms with van der Waals surface area (Å²) in [5.74, 6) is -1.17. The Hall–Kier alpha value is -3.26. The van der Waals surface area contributed by atoms with Gasteiger partial charge in [0.15, 0.2) is 0 Å². The molecule has 0 saturated heterocycles. The molecule has 0 bridgehead atoms. The van der Waals surface area contributed by atoms with Gasteiger partial charge in [0.25, 0.3) is 11.8 Å². The van der Waals surface area contributed by atoms with E-state index < -0.39 is 11.8 Å². The summed E-state index contributed by atoms with van der Waals surface area (Å²) >= 11 is 13.8. The van der Waals surface area contributed by atoms with Crippen molar-refractivity contribution in [2.75, 3.05) is 18.2 Å². The second-order valence-electron chi connectivity index (χ2n) is 6.86. The number of nitrogens with one attached hydrogen (secondary N) is 2. The third-order valence-electron chi connectivity index (χ3n) is 4.51. The molecule has 9 heteroatoms. The average Bonchev–Trinajstić information content (AvgIpc) is 2.85. The summed E-state index contributed by atoms with van der Waals surface area (Å²) in [7, 11) is 1.33. The van der Waals surface area contributed by atoms with E-state index in [0.29, 0.717) is 26.9 Å². The first-order valence-electron chi connectivity index (χ1n) is 10.0. The first-order valence-corrected chi connectivity index (χ1v) is 11.7. The maximum absolute atomic E-state index is 13.1. The van der Waals surface area contributed by atoms with Crippen LogP contribution in [-0.4, -0.2) is 30.6 Å². The lowest BCUT2D eigenvalue weighted by Crippen LogP contribution is -2.30. The molecular formula is C25H20Cl2N2O4S. The number of hydrogen-bond donors (Lipinski definition) is 2. The largest absolute Gasteiger partial charge is 0.468 e. The van der Waals surface area contributed by atoms with Crippen LogP contribution in [0.2, 0.25) is 10.0 Å². The van der Waals surface area contributed by atoms with Crippen molar-refractivity contribution < 1.29 is 19.1 Å². The smallest absolute Gasteiger partial charge is 0.315 e. The number of anilines is 1. The van der Waals surface area contributed by atoms with Crippen molar-refractivity contribution in [1.82, 2.24) is 5.32 Å². The molecule has 2 N–H and O–H groups in total. The molecule has 3 rings (SSSR count). The molecule has 0 fully saturated rings. The Morgan fingerprint density at radius 3 is 2.18 bits per heavy atom. The van der Waals surface area contributed by atoms with E-state index in [1.54, 1.807) is 72.8 Å². The zero-order chi connectivity index (χ0) is 24.5. The fraction of sp³-hybridized carbons (Fsp3) is 0.0800. The highest BCUT2D eigenvalue weighted by Crippen LogP contribution is 2.27. The van der Waals surface area contributed by atoms with E-state index in [4.69, 9.17) is 23.2 Å². The lowest BCUT2D eigenvalue weighted by molar-refractivity contribution is -0.137. The van der Waals surface area contributed by atoms with Crippen molar-refractivity contribution in [2.45, 2.75) is 4.90 Å². The minimum absolute atomic E-state index is 0.0343. The highest BCUT2D eigenvalue weighted by molar-refractivity contribution is 8.00. The monoisotopic (exact) mass is 514 g/mol. The normalized spacial score (nSPS) is 11.0. The number of amides is 2. The van der Waals surface area contributed by atoms with Gasteiger partial charge in [-0.25, -0.2) is 0 Å². The fourth-order valence-electron chi connectivity index (χ4n) is 2.77. The Balaban J connectivity index is 1.82. The molecule has 0 aliphatic carbocycles. The number of carbonyl (C=O) groups is 3. The molecule has 34 heavy (non-hydrogen) atoms. The minimum Gasteiger partial charge on any atom is -0.468 e. The van der Waals surface area contributed by atoms with E-state index in [-0.39, 0.29) is 17.4 Å². The van der Waals surface area contributed by atoms with Gasteiger partial charge >= 0.3 is 5.97 Å². The molecule has 3 aromatic carbocycles. The number of halogens is 2. The van der Waals surface area contributed by atoms with Gasteiger partial charge in [-0.05, 0) is 54.6 Å². The molecule has 3 aromatic rings. The van der Waals surface area contributed by atoms with Crippen LogP contribution in [-0.2, 0) is 14.3 Å². The first kappa shape index (κ1) is 25.4. The zero-order valence-corrected chi connectivity index (χ0v) is 20.3. The summed E-state index contributed by atoms with van der Waals surface area (Å²) in [6.45, 7) is 0. The predicted octanol–water partition coefficient (Wildman–Crippen LogP) is 5.67. The van der Waals surface area contributed by atoms with Crippen LogP contribution in [0.4, 0.5) is 5.69 Å². The van der Waals surface area contributed by atoms with Gasteiger partial charge in [0, 0.05) is 31.8 Å². The molecule has 2 amide bonds. The van der Waals surface area contributed by atoms with E-state index >= 15 is 0 Å². The summed E-state index contributed by atoms with van der Waals surface area (Å²) in [4.78, 5) is 38.0. The zero-order valence-electron chi connectivity index (χ0n) is 18.0. The van der Waals surface area contributed by atoms with Gasteiger partial charge in [0.2, 0.25) is 0 Å². The Kier molecular flexibility index (Phi) is 9.16. The molecule has 0 spiro atoms. The van der Waals surface area contributed by atoms with Gasteiger partial charge in [-0.3, -0.25) is 14.4 Å². The number of esters is 1. The van der Waals surface area contributed by atoms with Crippen molar-refractivity contribution in [1.29, 1.82) is 0 Å². The molecule has 0 aliphatic rings. The third-order valence-corrected chi connectivity index (χ3v) is 6.16. The summed E-state index contributed by atoms with van der Waals surface area (Å²) in [6, 6.07) is 20.4. The molecule has 0 saturated carbocycles. The van der Waals surface area contributed by atoms with E-state index in [2.05, 4.69) is 15.4 Å². The van der Waals surface area contributed by atoms with Crippen LogP contribution < -0.4 is 10.6 Å². The van der Waals surface area contributed by atoms with Crippen molar-refractivity contribution in [3.05, 3.63) is 99.7 Å². The van der Waals surface area contributed by atoms with Crippen molar-refractivity contribution >= 4 is 64.5 Å². The number of methoxy groups -OCH3 is 1. The van der Waals surface area contributed by atoms with Crippen LogP contribution in [0.5, 0.6) is 0 Å². The summed E-state index contributed by atoms with van der Waals surface area (Å²) < 4.78 is 4.63. The summed E-state index contributed by atoms with van der Waals surface area (Å²) in [5.41, 5.74) is 1.25. The van der Waals surface area contributed by atoms with E-state index in [1.165, 1.54) is 24.9 Å². The lowest BCUT2D eigenvalue weighted by Gasteiger charge is -2.12. The maximum Gasteiger partial charge on any atom is 0.315 e. The first-order chi connectivity index (χ1) is 16.4. The quantitative estimate of drug-likeness (QED) is 0.230. The van der Waals surface area contributed by atoms with Gasteiger partial charge in [-0.2, -0.15) is 0 Å². The van der Waals surface area contributed by atoms with Crippen molar-refractivity contribution in [3.8, 4) is 0 Å². The van der Waals surface area contributed by atoms with Crippen LogP contribution in [0.3, 0.4) is 0 Å². The SMILES string of the molecule is COC(=O)CSc1ccc(NC(=O)/C(=C/c2c(Cl)cccc2Cl)NC(=O)c2ccccc2)cc1. The number of carbonyl (C=O) groups excluding carboxylic acids is 3. The number of thioether (sulfide) groups is 1. The van der Waals surface area contributed by atoms with Crippen LogP contribution >= 0.6 is 35.0 Å². The molecule has 0 radical (unpaired) electrons. The number of hydrogen-bond acceptors (Lipinski definition) is 5. The van der Waals surface area contributed by atoms with E-state index in [1.807, 2.05) is 0 Å². The fourth-order valence-corrected chi connectivity index (χ4v) is 4.01. The molecule has 174 valence electrons. The van der Waals surface area contributed by atoms with Gasteiger partial charge < -0.3 is 15.4 Å². The Morgan fingerprint density at radius 2 is 1.56 bits per heavy atom. The summed E-state index contributed by atoms with van der Waals surface area (Å²) in [6.07, 6.45) is 1.43. The molecular weight excluding hydrogens is 495 g/mol. The van der Waals surface area contributed by atoms with Gasteiger partial charge in [0.1, 0.15) is 5.70 Å².